The number of rotatable bonds is 3. The minimum atomic E-state index is 0.110. The van der Waals surface area contributed by atoms with Crippen LogP contribution in [0.4, 0.5) is 5.69 Å². The van der Waals surface area contributed by atoms with E-state index >= 15 is 0 Å². The first-order chi connectivity index (χ1) is 8.56. The summed E-state index contributed by atoms with van der Waals surface area (Å²) in [5.74, 6) is 0.110. The zero-order valence-corrected chi connectivity index (χ0v) is 12.2. The van der Waals surface area contributed by atoms with E-state index in [1.807, 2.05) is 25.1 Å². The number of phenols is 1. The standard InChI is InChI=1S/C14H13BrClNO/c1-9-2-4-11(7-12(9)15)17-8-10-3-5-14(18)13(16)6-10/h2-7,17-18H,8H2,1H3. The highest BCUT2D eigenvalue weighted by atomic mass is 79.9. The number of halogens is 2. The van der Waals surface area contributed by atoms with Crippen LogP contribution in [-0.2, 0) is 6.54 Å². The van der Waals surface area contributed by atoms with Gasteiger partial charge in [-0.1, -0.05) is 39.7 Å². The van der Waals surface area contributed by atoms with E-state index in [-0.39, 0.29) is 5.75 Å². The molecular weight excluding hydrogens is 314 g/mol. The van der Waals surface area contributed by atoms with Crippen LogP contribution in [0.25, 0.3) is 0 Å². The van der Waals surface area contributed by atoms with Gasteiger partial charge in [0.1, 0.15) is 5.75 Å². The predicted molar refractivity (Wildman–Crippen MR) is 79.3 cm³/mol. The van der Waals surface area contributed by atoms with Crippen molar-refractivity contribution in [2.24, 2.45) is 0 Å². The molecule has 0 bridgehead atoms. The molecule has 4 heteroatoms. The van der Waals surface area contributed by atoms with Gasteiger partial charge in [-0.3, -0.25) is 0 Å². The van der Waals surface area contributed by atoms with Crippen molar-refractivity contribution in [3.8, 4) is 5.75 Å². The normalized spacial score (nSPS) is 10.4. The van der Waals surface area contributed by atoms with Crippen molar-refractivity contribution in [3.63, 3.8) is 0 Å². The van der Waals surface area contributed by atoms with Gasteiger partial charge in [0.15, 0.2) is 0 Å². The average molecular weight is 327 g/mol. The van der Waals surface area contributed by atoms with Gasteiger partial charge in [0, 0.05) is 16.7 Å². The summed E-state index contributed by atoms with van der Waals surface area (Å²) in [7, 11) is 0. The largest absolute Gasteiger partial charge is 0.506 e. The first kappa shape index (κ1) is 13.2. The van der Waals surface area contributed by atoms with E-state index < -0.39 is 0 Å². The Labute approximate surface area is 120 Å². The molecule has 0 aliphatic heterocycles. The van der Waals surface area contributed by atoms with Crippen molar-refractivity contribution in [2.45, 2.75) is 13.5 Å². The quantitative estimate of drug-likeness (QED) is 0.854. The van der Waals surface area contributed by atoms with Gasteiger partial charge < -0.3 is 10.4 Å². The van der Waals surface area contributed by atoms with Crippen LogP contribution in [0.15, 0.2) is 40.9 Å². The van der Waals surface area contributed by atoms with Crippen molar-refractivity contribution in [3.05, 3.63) is 57.0 Å². The molecule has 0 aliphatic rings. The number of anilines is 1. The van der Waals surface area contributed by atoms with Gasteiger partial charge in [-0.05, 0) is 42.3 Å². The Morgan fingerprint density at radius 3 is 2.67 bits per heavy atom. The second-order valence-corrected chi connectivity index (χ2v) is 5.36. The second-order valence-electron chi connectivity index (χ2n) is 4.10. The summed E-state index contributed by atoms with van der Waals surface area (Å²) in [6, 6.07) is 11.3. The summed E-state index contributed by atoms with van der Waals surface area (Å²) in [5.41, 5.74) is 3.26. The fourth-order valence-corrected chi connectivity index (χ4v) is 2.15. The summed E-state index contributed by atoms with van der Waals surface area (Å²) in [6.07, 6.45) is 0. The van der Waals surface area contributed by atoms with Crippen molar-refractivity contribution in [1.82, 2.24) is 0 Å². The summed E-state index contributed by atoms with van der Waals surface area (Å²) >= 11 is 9.36. The molecule has 18 heavy (non-hydrogen) atoms. The van der Waals surface area contributed by atoms with Crippen LogP contribution in [0.1, 0.15) is 11.1 Å². The van der Waals surface area contributed by atoms with Crippen molar-refractivity contribution < 1.29 is 5.11 Å². The lowest BCUT2D eigenvalue weighted by Crippen LogP contribution is -1.99. The lowest BCUT2D eigenvalue weighted by molar-refractivity contribution is 0.475. The number of benzene rings is 2. The maximum absolute atomic E-state index is 9.34. The SMILES string of the molecule is Cc1ccc(NCc2ccc(O)c(Cl)c2)cc1Br. The minimum Gasteiger partial charge on any atom is -0.506 e. The molecule has 94 valence electrons. The lowest BCUT2D eigenvalue weighted by atomic mass is 10.2. The van der Waals surface area contributed by atoms with Gasteiger partial charge in [0.2, 0.25) is 0 Å². The van der Waals surface area contributed by atoms with Crippen LogP contribution in [-0.4, -0.2) is 5.11 Å². The van der Waals surface area contributed by atoms with E-state index in [9.17, 15) is 5.11 Å². The molecule has 0 aliphatic carbocycles. The molecule has 2 nitrogen and oxygen atoms in total. The Bertz CT molecular complexity index is 520. The smallest absolute Gasteiger partial charge is 0.134 e. The summed E-state index contributed by atoms with van der Waals surface area (Å²) in [4.78, 5) is 0. The van der Waals surface area contributed by atoms with E-state index in [1.165, 1.54) is 5.56 Å². The summed E-state index contributed by atoms with van der Waals surface area (Å²) in [6.45, 7) is 2.71. The number of hydrogen-bond acceptors (Lipinski definition) is 2. The second kappa shape index (κ2) is 5.63. The van der Waals surface area contributed by atoms with Crippen molar-refractivity contribution >= 4 is 33.2 Å². The molecule has 0 radical (unpaired) electrons. The maximum Gasteiger partial charge on any atom is 0.134 e. The van der Waals surface area contributed by atoms with Crippen LogP contribution in [0.3, 0.4) is 0 Å². The number of nitrogens with one attached hydrogen (secondary N) is 1. The van der Waals surface area contributed by atoms with E-state index in [4.69, 9.17) is 11.6 Å². The number of aryl methyl sites for hydroxylation is 1. The fourth-order valence-electron chi connectivity index (χ4n) is 1.57. The van der Waals surface area contributed by atoms with Gasteiger partial charge in [-0.2, -0.15) is 0 Å². The third kappa shape index (κ3) is 3.18. The monoisotopic (exact) mass is 325 g/mol. The lowest BCUT2D eigenvalue weighted by Gasteiger charge is -2.09. The molecule has 0 spiro atoms. The minimum absolute atomic E-state index is 0.110. The molecular formula is C14H13BrClNO. The van der Waals surface area contributed by atoms with Crippen LogP contribution in [0.5, 0.6) is 5.75 Å². The summed E-state index contributed by atoms with van der Waals surface area (Å²) in [5, 5.41) is 13.0. The highest BCUT2D eigenvalue weighted by Gasteiger charge is 2.01. The van der Waals surface area contributed by atoms with E-state index in [1.54, 1.807) is 12.1 Å². The van der Waals surface area contributed by atoms with Gasteiger partial charge in [-0.25, -0.2) is 0 Å². The van der Waals surface area contributed by atoms with Crippen LogP contribution in [0, 0.1) is 6.92 Å². The Morgan fingerprint density at radius 1 is 1.22 bits per heavy atom. The maximum atomic E-state index is 9.34. The molecule has 2 aromatic rings. The number of aromatic hydroxyl groups is 1. The zero-order valence-electron chi connectivity index (χ0n) is 9.87. The van der Waals surface area contributed by atoms with Crippen LogP contribution in [0.2, 0.25) is 5.02 Å². The average Bonchev–Trinajstić information content (AvgIpc) is 2.35. The molecule has 2 N–H and O–H groups in total. The molecule has 0 heterocycles. The fraction of sp³-hybridized carbons (Fsp3) is 0.143. The van der Waals surface area contributed by atoms with Gasteiger partial charge in [0.25, 0.3) is 0 Å². The van der Waals surface area contributed by atoms with Gasteiger partial charge >= 0.3 is 0 Å². The topological polar surface area (TPSA) is 32.3 Å². The molecule has 2 rings (SSSR count). The Kier molecular flexibility index (Phi) is 4.15. The first-order valence-electron chi connectivity index (χ1n) is 5.53. The van der Waals surface area contributed by atoms with E-state index in [2.05, 4.69) is 27.3 Å². The Balaban J connectivity index is 2.06. The third-order valence-corrected chi connectivity index (χ3v) is 3.84. The number of phenolic OH excluding ortho intramolecular Hbond substituents is 1. The van der Waals surface area contributed by atoms with Crippen LogP contribution < -0.4 is 5.32 Å². The molecule has 0 amide bonds. The van der Waals surface area contributed by atoms with E-state index in [0.717, 1.165) is 15.7 Å². The molecule has 0 saturated carbocycles. The van der Waals surface area contributed by atoms with Crippen LogP contribution >= 0.6 is 27.5 Å². The highest BCUT2D eigenvalue weighted by Crippen LogP contribution is 2.25. The van der Waals surface area contributed by atoms with E-state index in [0.29, 0.717) is 11.6 Å². The first-order valence-corrected chi connectivity index (χ1v) is 6.71. The molecule has 0 fully saturated rings. The third-order valence-electron chi connectivity index (χ3n) is 2.68. The zero-order chi connectivity index (χ0) is 13.1. The Hall–Kier alpha value is -1.19. The summed E-state index contributed by atoms with van der Waals surface area (Å²) < 4.78 is 1.08. The van der Waals surface area contributed by atoms with Crippen molar-refractivity contribution in [1.29, 1.82) is 0 Å². The van der Waals surface area contributed by atoms with Gasteiger partial charge in [0.05, 0.1) is 5.02 Å². The predicted octanol–water partition coefficient (Wildman–Crippen LogP) is 4.73. The van der Waals surface area contributed by atoms with Crippen molar-refractivity contribution in [2.75, 3.05) is 5.32 Å². The molecule has 0 unspecified atom stereocenters. The number of hydrogen-bond donors (Lipinski definition) is 2. The Morgan fingerprint density at radius 2 is 2.00 bits per heavy atom. The van der Waals surface area contributed by atoms with Gasteiger partial charge in [-0.15, -0.1) is 0 Å². The molecule has 0 saturated heterocycles. The molecule has 0 aromatic heterocycles. The highest BCUT2D eigenvalue weighted by molar-refractivity contribution is 9.10. The molecule has 0 atom stereocenters. The molecule has 2 aromatic carbocycles.